The maximum absolute atomic E-state index is 10.7. The summed E-state index contributed by atoms with van der Waals surface area (Å²) in [5.41, 5.74) is 3.41. The molecule has 1 aromatic carbocycles. The van der Waals surface area contributed by atoms with Crippen LogP contribution in [-0.2, 0) is 12.8 Å². The van der Waals surface area contributed by atoms with Crippen LogP contribution in [0.4, 0.5) is 0 Å². The third kappa shape index (κ3) is 3.23. The summed E-state index contributed by atoms with van der Waals surface area (Å²) in [4.78, 5) is 0. The quantitative estimate of drug-likeness (QED) is 0.795. The number of aryl methyl sites for hydroxylation is 1. The highest BCUT2D eigenvalue weighted by molar-refractivity contribution is 5.32. The number of hydrogen-bond acceptors (Lipinski definition) is 1. The first-order valence-electron chi connectivity index (χ1n) is 7.09. The largest absolute Gasteiger partial charge is 0.390 e. The van der Waals surface area contributed by atoms with Gasteiger partial charge in [0.25, 0.3) is 0 Å². The molecule has 98 valence electrons. The van der Waals surface area contributed by atoms with Gasteiger partial charge in [-0.3, -0.25) is 0 Å². The molecular formula is C17H24O. The van der Waals surface area contributed by atoms with Crippen LogP contribution in [0.25, 0.3) is 0 Å². The predicted octanol–water partition coefficient (Wildman–Crippen LogP) is 4.04. The van der Waals surface area contributed by atoms with Crippen molar-refractivity contribution in [3.05, 3.63) is 47.5 Å². The number of aliphatic hydroxyl groups is 1. The van der Waals surface area contributed by atoms with Gasteiger partial charge in [0.1, 0.15) is 0 Å². The molecule has 18 heavy (non-hydrogen) atoms. The molecule has 0 aromatic heterocycles. The first-order valence-corrected chi connectivity index (χ1v) is 7.09. The van der Waals surface area contributed by atoms with E-state index in [0.717, 1.165) is 44.9 Å². The van der Waals surface area contributed by atoms with E-state index in [-0.39, 0.29) is 0 Å². The van der Waals surface area contributed by atoms with Gasteiger partial charge in [0, 0.05) is 0 Å². The molecule has 0 bridgehead atoms. The Labute approximate surface area is 111 Å². The van der Waals surface area contributed by atoms with Gasteiger partial charge in [-0.25, -0.2) is 0 Å². The van der Waals surface area contributed by atoms with Crippen molar-refractivity contribution in [2.45, 2.75) is 57.5 Å². The fraction of sp³-hybridized carbons (Fsp3) is 0.529. The molecule has 0 saturated carbocycles. The van der Waals surface area contributed by atoms with Crippen LogP contribution in [0.3, 0.4) is 0 Å². The third-order valence-corrected chi connectivity index (χ3v) is 3.99. The highest BCUT2D eigenvalue weighted by atomic mass is 16.3. The highest BCUT2D eigenvalue weighted by Crippen LogP contribution is 2.32. The van der Waals surface area contributed by atoms with Crippen LogP contribution in [0.5, 0.6) is 0 Å². The molecule has 0 saturated heterocycles. The zero-order valence-corrected chi connectivity index (χ0v) is 11.4. The normalized spacial score (nSPS) is 24.2. The molecule has 2 rings (SSSR count). The van der Waals surface area contributed by atoms with E-state index in [1.165, 1.54) is 16.7 Å². The lowest BCUT2D eigenvalue weighted by Crippen LogP contribution is -2.31. The molecule has 1 nitrogen and oxygen atoms in total. The Hall–Kier alpha value is -1.08. The van der Waals surface area contributed by atoms with Crippen LogP contribution in [-0.4, -0.2) is 10.7 Å². The van der Waals surface area contributed by atoms with Crippen molar-refractivity contribution < 1.29 is 5.11 Å². The molecule has 1 aromatic rings. The molecule has 1 unspecified atom stereocenters. The molecule has 1 aliphatic carbocycles. The van der Waals surface area contributed by atoms with Crippen LogP contribution in [0.2, 0.25) is 0 Å². The van der Waals surface area contributed by atoms with Crippen LogP contribution in [0, 0.1) is 0 Å². The summed E-state index contributed by atoms with van der Waals surface area (Å²) in [6, 6.07) is 8.57. The molecule has 0 aliphatic heterocycles. The molecule has 1 aliphatic rings. The van der Waals surface area contributed by atoms with Gasteiger partial charge in [-0.15, -0.1) is 0 Å². The van der Waals surface area contributed by atoms with E-state index in [9.17, 15) is 5.11 Å². The average molecular weight is 244 g/mol. The average Bonchev–Trinajstić information content (AvgIpc) is 2.34. The molecule has 1 N–H and O–H groups in total. The van der Waals surface area contributed by atoms with Gasteiger partial charge in [0.05, 0.1) is 5.60 Å². The maximum Gasteiger partial charge on any atom is 0.0687 e. The second-order valence-electron chi connectivity index (χ2n) is 5.70. The monoisotopic (exact) mass is 244 g/mol. The fourth-order valence-corrected chi connectivity index (χ4v) is 2.95. The van der Waals surface area contributed by atoms with Gasteiger partial charge < -0.3 is 5.11 Å². The number of rotatable bonds is 3. The molecule has 0 heterocycles. The number of fused-ring (bicyclic) bond motifs is 1. The van der Waals surface area contributed by atoms with Crippen LogP contribution < -0.4 is 0 Å². The second kappa shape index (κ2) is 5.71. The van der Waals surface area contributed by atoms with Gasteiger partial charge >= 0.3 is 0 Å². The lowest BCUT2D eigenvalue weighted by atomic mass is 9.79. The molecule has 1 atom stereocenters. The molecule has 1 heteroatoms. The number of unbranched alkanes of at least 4 members (excludes halogenated alkanes) is 1. The van der Waals surface area contributed by atoms with E-state index < -0.39 is 5.60 Å². The first-order chi connectivity index (χ1) is 8.63. The minimum atomic E-state index is -0.527. The van der Waals surface area contributed by atoms with Crippen molar-refractivity contribution >= 4 is 0 Å². The van der Waals surface area contributed by atoms with E-state index in [4.69, 9.17) is 0 Å². The topological polar surface area (TPSA) is 20.2 Å². The molecule has 0 spiro atoms. The minimum absolute atomic E-state index is 0.527. The van der Waals surface area contributed by atoms with Gasteiger partial charge in [-0.1, -0.05) is 56.2 Å². The van der Waals surface area contributed by atoms with Crippen molar-refractivity contribution in [3.63, 3.8) is 0 Å². The molecular weight excluding hydrogens is 220 g/mol. The standard InChI is InChI=1S/C17H24O/c1-3-4-10-17(18)11-9-15-7-5-6-8-16(15)12-14(2)13-17/h5-8,18H,2-4,9-13H2,1H3. The Bertz CT molecular complexity index is 421. The highest BCUT2D eigenvalue weighted by Gasteiger charge is 2.28. The van der Waals surface area contributed by atoms with Crippen molar-refractivity contribution in [1.82, 2.24) is 0 Å². The van der Waals surface area contributed by atoms with Crippen molar-refractivity contribution in [2.24, 2.45) is 0 Å². The zero-order valence-electron chi connectivity index (χ0n) is 11.4. The van der Waals surface area contributed by atoms with Crippen LogP contribution >= 0.6 is 0 Å². The Morgan fingerprint density at radius 3 is 2.72 bits per heavy atom. The lowest BCUT2D eigenvalue weighted by molar-refractivity contribution is 0.0200. The first kappa shape index (κ1) is 13.4. The fourth-order valence-electron chi connectivity index (χ4n) is 2.95. The van der Waals surface area contributed by atoms with Gasteiger partial charge in [0.15, 0.2) is 0 Å². The van der Waals surface area contributed by atoms with Gasteiger partial charge in [-0.05, 0) is 43.2 Å². The van der Waals surface area contributed by atoms with Crippen LogP contribution in [0.1, 0.15) is 50.2 Å². The Morgan fingerprint density at radius 1 is 1.28 bits per heavy atom. The summed E-state index contributed by atoms with van der Waals surface area (Å²) in [6.07, 6.45) is 6.69. The summed E-state index contributed by atoms with van der Waals surface area (Å²) >= 11 is 0. The minimum Gasteiger partial charge on any atom is -0.390 e. The summed E-state index contributed by atoms with van der Waals surface area (Å²) < 4.78 is 0. The molecule has 0 fully saturated rings. The SMILES string of the molecule is C=C1Cc2ccccc2CCC(O)(CCCC)C1. The van der Waals surface area contributed by atoms with Crippen LogP contribution in [0.15, 0.2) is 36.4 Å². The Balaban J connectivity index is 2.17. The van der Waals surface area contributed by atoms with E-state index >= 15 is 0 Å². The summed E-state index contributed by atoms with van der Waals surface area (Å²) in [5, 5.41) is 10.7. The van der Waals surface area contributed by atoms with E-state index in [2.05, 4.69) is 37.8 Å². The van der Waals surface area contributed by atoms with Gasteiger partial charge in [-0.2, -0.15) is 0 Å². The van der Waals surface area contributed by atoms with Crippen molar-refractivity contribution in [2.75, 3.05) is 0 Å². The summed E-state index contributed by atoms with van der Waals surface area (Å²) in [5.74, 6) is 0. The third-order valence-electron chi connectivity index (χ3n) is 3.99. The lowest BCUT2D eigenvalue weighted by Gasteiger charge is -2.32. The predicted molar refractivity (Wildman–Crippen MR) is 76.7 cm³/mol. The van der Waals surface area contributed by atoms with Crippen molar-refractivity contribution in [1.29, 1.82) is 0 Å². The Kier molecular flexibility index (Phi) is 4.23. The Morgan fingerprint density at radius 2 is 2.00 bits per heavy atom. The van der Waals surface area contributed by atoms with E-state index in [0.29, 0.717) is 0 Å². The van der Waals surface area contributed by atoms with Crippen molar-refractivity contribution in [3.8, 4) is 0 Å². The molecule has 0 amide bonds. The molecule has 0 radical (unpaired) electrons. The zero-order chi connectivity index (χ0) is 13.0. The maximum atomic E-state index is 10.7. The van der Waals surface area contributed by atoms with E-state index in [1.807, 2.05) is 0 Å². The summed E-state index contributed by atoms with van der Waals surface area (Å²) in [7, 11) is 0. The number of hydrogen-bond donors (Lipinski definition) is 1. The summed E-state index contributed by atoms with van der Waals surface area (Å²) in [6.45, 7) is 6.34. The smallest absolute Gasteiger partial charge is 0.0687 e. The van der Waals surface area contributed by atoms with Gasteiger partial charge in [0.2, 0.25) is 0 Å². The van der Waals surface area contributed by atoms with E-state index in [1.54, 1.807) is 0 Å². The second-order valence-corrected chi connectivity index (χ2v) is 5.70. The number of benzene rings is 1.